The zero-order valence-electron chi connectivity index (χ0n) is 16.4. The molecule has 29 heavy (non-hydrogen) atoms. The SMILES string of the molecule is COc1ccc(-c2nc3sc4c(c3c(=O)n2CCCC(=O)O)CCC4)cc1OC. The fourth-order valence-electron chi connectivity index (χ4n) is 3.87. The number of ether oxygens (including phenoxy) is 2. The van der Waals surface area contributed by atoms with Crippen LogP contribution >= 0.6 is 11.3 Å². The van der Waals surface area contributed by atoms with E-state index in [-0.39, 0.29) is 12.0 Å². The molecule has 0 spiro atoms. The first kappa shape index (κ1) is 19.4. The Morgan fingerprint density at radius 2 is 2.03 bits per heavy atom. The van der Waals surface area contributed by atoms with Crippen LogP contribution in [0.1, 0.15) is 29.7 Å². The predicted octanol–water partition coefficient (Wildman–Crippen LogP) is 3.50. The van der Waals surface area contributed by atoms with E-state index in [9.17, 15) is 9.59 Å². The molecule has 0 fully saturated rings. The molecular formula is C21H22N2O5S. The van der Waals surface area contributed by atoms with Crippen LogP contribution in [0.2, 0.25) is 0 Å². The minimum Gasteiger partial charge on any atom is -0.493 e. The summed E-state index contributed by atoms with van der Waals surface area (Å²) in [6.07, 6.45) is 3.30. The van der Waals surface area contributed by atoms with Crippen molar-refractivity contribution in [2.24, 2.45) is 0 Å². The lowest BCUT2D eigenvalue weighted by Gasteiger charge is -2.14. The van der Waals surface area contributed by atoms with E-state index in [1.807, 2.05) is 6.07 Å². The maximum absolute atomic E-state index is 13.4. The van der Waals surface area contributed by atoms with Gasteiger partial charge in [-0.1, -0.05) is 0 Å². The second kappa shape index (κ2) is 7.87. The van der Waals surface area contributed by atoms with E-state index in [0.29, 0.717) is 35.7 Å². The number of thiophene rings is 1. The summed E-state index contributed by atoms with van der Waals surface area (Å²) in [6.45, 7) is 0.294. The van der Waals surface area contributed by atoms with Crippen molar-refractivity contribution >= 4 is 27.5 Å². The highest BCUT2D eigenvalue weighted by molar-refractivity contribution is 7.18. The Hall–Kier alpha value is -2.87. The smallest absolute Gasteiger partial charge is 0.303 e. The van der Waals surface area contributed by atoms with Gasteiger partial charge in [0.05, 0.1) is 19.6 Å². The van der Waals surface area contributed by atoms with E-state index < -0.39 is 5.97 Å². The molecule has 7 nitrogen and oxygen atoms in total. The van der Waals surface area contributed by atoms with E-state index in [2.05, 4.69) is 0 Å². The van der Waals surface area contributed by atoms with Crippen molar-refractivity contribution < 1.29 is 19.4 Å². The van der Waals surface area contributed by atoms with Gasteiger partial charge in [0.1, 0.15) is 10.7 Å². The van der Waals surface area contributed by atoms with Crippen LogP contribution in [0.25, 0.3) is 21.6 Å². The molecule has 1 aliphatic carbocycles. The molecule has 0 unspecified atom stereocenters. The van der Waals surface area contributed by atoms with Crippen molar-refractivity contribution in [2.75, 3.05) is 14.2 Å². The van der Waals surface area contributed by atoms with Gasteiger partial charge >= 0.3 is 5.97 Å². The van der Waals surface area contributed by atoms with E-state index in [1.165, 1.54) is 4.88 Å². The second-order valence-corrected chi connectivity index (χ2v) is 8.08. The highest BCUT2D eigenvalue weighted by atomic mass is 32.1. The molecule has 152 valence electrons. The quantitative estimate of drug-likeness (QED) is 0.636. The van der Waals surface area contributed by atoms with Crippen LogP contribution in [0.3, 0.4) is 0 Å². The standard InChI is InChI=1S/C21H22N2O5S/c1-27-14-9-8-12(11-15(14)28-2)19-22-20-18(13-5-3-6-16(13)29-20)21(26)23(19)10-4-7-17(24)25/h8-9,11H,3-7,10H2,1-2H3,(H,24,25). The van der Waals surface area contributed by atoms with Gasteiger partial charge in [-0.2, -0.15) is 0 Å². The summed E-state index contributed by atoms with van der Waals surface area (Å²) in [5.41, 5.74) is 1.75. The third kappa shape index (κ3) is 3.48. The minimum absolute atomic E-state index is 0.00239. The normalized spacial score (nSPS) is 12.9. The van der Waals surface area contributed by atoms with Crippen LogP contribution < -0.4 is 15.0 Å². The van der Waals surface area contributed by atoms with Gasteiger partial charge in [-0.3, -0.25) is 14.2 Å². The van der Waals surface area contributed by atoms with Gasteiger partial charge in [0.25, 0.3) is 5.56 Å². The Balaban J connectivity index is 1.89. The monoisotopic (exact) mass is 414 g/mol. The fourth-order valence-corrected chi connectivity index (χ4v) is 5.12. The molecule has 8 heteroatoms. The molecule has 2 aromatic heterocycles. The fraction of sp³-hybridized carbons (Fsp3) is 0.381. The molecule has 2 heterocycles. The summed E-state index contributed by atoms with van der Waals surface area (Å²) in [5, 5.41) is 9.70. The number of aromatic nitrogens is 2. The summed E-state index contributed by atoms with van der Waals surface area (Å²) in [4.78, 5) is 31.2. The van der Waals surface area contributed by atoms with Gasteiger partial charge in [0.2, 0.25) is 0 Å². The Labute approximate surface area is 171 Å². The number of rotatable bonds is 7. The van der Waals surface area contributed by atoms with E-state index in [0.717, 1.165) is 35.2 Å². The third-order valence-corrected chi connectivity index (χ3v) is 6.42. The lowest BCUT2D eigenvalue weighted by molar-refractivity contribution is -0.137. The van der Waals surface area contributed by atoms with Crippen molar-refractivity contribution in [2.45, 2.75) is 38.6 Å². The maximum Gasteiger partial charge on any atom is 0.303 e. The average Bonchev–Trinajstić information content (AvgIpc) is 3.29. The molecule has 0 radical (unpaired) electrons. The van der Waals surface area contributed by atoms with Gasteiger partial charge in [-0.15, -0.1) is 11.3 Å². The zero-order chi connectivity index (χ0) is 20.5. The molecule has 1 aliphatic rings. The van der Waals surface area contributed by atoms with Crippen LogP contribution in [-0.2, 0) is 24.2 Å². The van der Waals surface area contributed by atoms with Gasteiger partial charge in [-0.05, 0) is 49.4 Å². The van der Waals surface area contributed by atoms with Gasteiger partial charge in [0.15, 0.2) is 11.5 Å². The van der Waals surface area contributed by atoms with Gasteiger partial charge in [0, 0.05) is 23.4 Å². The van der Waals surface area contributed by atoms with Crippen molar-refractivity contribution in [1.82, 2.24) is 9.55 Å². The first-order valence-corrected chi connectivity index (χ1v) is 10.3. The Kier molecular flexibility index (Phi) is 5.27. The summed E-state index contributed by atoms with van der Waals surface area (Å²) < 4.78 is 12.3. The summed E-state index contributed by atoms with van der Waals surface area (Å²) in [6, 6.07) is 5.41. The third-order valence-electron chi connectivity index (χ3n) is 5.24. The molecular weight excluding hydrogens is 392 g/mol. The predicted molar refractivity (Wildman–Crippen MR) is 111 cm³/mol. The molecule has 1 aromatic carbocycles. The largest absolute Gasteiger partial charge is 0.493 e. The van der Waals surface area contributed by atoms with Crippen molar-refractivity contribution in [1.29, 1.82) is 0 Å². The van der Waals surface area contributed by atoms with Crippen LogP contribution in [0.4, 0.5) is 0 Å². The first-order chi connectivity index (χ1) is 14.0. The molecule has 4 rings (SSSR count). The molecule has 0 atom stereocenters. The number of methoxy groups -OCH3 is 2. The first-order valence-electron chi connectivity index (χ1n) is 9.52. The number of benzene rings is 1. The zero-order valence-corrected chi connectivity index (χ0v) is 17.2. The van der Waals surface area contributed by atoms with Gasteiger partial charge in [-0.25, -0.2) is 4.98 Å². The van der Waals surface area contributed by atoms with Crippen LogP contribution in [0.15, 0.2) is 23.0 Å². The topological polar surface area (TPSA) is 90.7 Å². The number of carboxylic acids is 1. The summed E-state index contributed by atoms with van der Waals surface area (Å²) in [5.74, 6) is 0.780. The Morgan fingerprint density at radius 1 is 1.24 bits per heavy atom. The van der Waals surface area contributed by atoms with E-state index in [1.54, 1.807) is 42.3 Å². The Morgan fingerprint density at radius 3 is 2.76 bits per heavy atom. The molecule has 1 N–H and O–H groups in total. The van der Waals surface area contributed by atoms with Crippen LogP contribution in [0, 0.1) is 0 Å². The number of aliphatic carboxylic acids is 1. The second-order valence-electron chi connectivity index (χ2n) is 7.00. The highest BCUT2D eigenvalue weighted by Crippen LogP contribution is 2.37. The van der Waals surface area contributed by atoms with E-state index in [4.69, 9.17) is 19.6 Å². The van der Waals surface area contributed by atoms with Crippen LogP contribution in [-0.4, -0.2) is 34.8 Å². The lowest BCUT2D eigenvalue weighted by atomic mass is 10.1. The minimum atomic E-state index is -0.879. The molecule has 0 aliphatic heterocycles. The molecule has 0 saturated carbocycles. The molecule has 0 saturated heterocycles. The highest BCUT2D eigenvalue weighted by Gasteiger charge is 2.24. The summed E-state index contributed by atoms with van der Waals surface area (Å²) >= 11 is 1.59. The maximum atomic E-state index is 13.4. The summed E-state index contributed by atoms with van der Waals surface area (Å²) in [7, 11) is 3.12. The van der Waals surface area contributed by atoms with Gasteiger partial charge < -0.3 is 14.6 Å². The molecule has 0 amide bonds. The lowest BCUT2D eigenvalue weighted by Crippen LogP contribution is -2.24. The number of nitrogens with zero attached hydrogens (tertiary/aromatic N) is 2. The van der Waals surface area contributed by atoms with Crippen LogP contribution in [0.5, 0.6) is 11.5 Å². The average molecular weight is 414 g/mol. The Bertz CT molecular complexity index is 1150. The number of hydrogen-bond donors (Lipinski definition) is 1. The number of carboxylic acid groups (broad SMARTS) is 1. The van der Waals surface area contributed by atoms with Crippen molar-refractivity contribution in [3.05, 3.63) is 39.0 Å². The van der Waals surface area contributed by atoms with Crippen molar-refractivity contribution in [3.8, 4) is 22.9 Å². The number of hydrogen-bond acceptors (Lipinski definition) is 6. The van der Waals surface area contributed by atoms with Crippen molar-refractivity contribution in [3.63, 3.8) is 0 Å². The number of aryl methyl sites for hydroxylation is 2. The number of carbonyl (C=O) groups is 1. The molecule has 0 bridgehead atoms. The van der Waals surface area contributed by atoms with E-state index >= 15 is 0 Å². The molecule has 3 aromatic rings. The number of fused-ring (bicyclic) bond motifs is 3.